The first-order chi connectivity index (χ1) is 15.6. The van der Waals surface area contributed by atoms with Crippen LogP contribution in [0, 0.1) is 0 Å². The van der Waals surface area contributed by atoms with Gasteiger partial charge in [0.25, 0.3) is 5.91 Å². The zero-order valence-corrected chi connectivity index (χ0v) is 20.1. The minimum absolute atomic E-state index is 0.0196. The Morgan fingerprint density at radius 1 is 0.906 bits per heavy atom. The van der Waals surface area contributed by atoms with Gasteiger partial charge in [-0.2, -0.15) is 0 Å². The monoisotopic (exact) mass is 497 g/mol. The van der Waals surface area contributed by atoms with Gasteiger partial charge in [-0.1, -0.05) is 43.5 Å². The van der Waals surface area contributed by atoms with Gasteiger partial charge in [0.15, 0.2) is 0 Å². The maximum absolute atomic E-state index is 12.5. The number of amides is 2. The zero-order valence-electron chi connectivity index (χ0n) is 18.5. The number of likely N-dealkylation sites (tertiary alicyclic amines) is 1. The molecule has 1 aliphatic heterocycles. The van der Waals surface area contributed by atoms with Crippen molar-refractivity contribution in [2.24, 2.45) is 0 Å². The highest BCUT2D eigenvalue weighted by atomic mass is 79.9. The summed E-state index contributed by atoms with van der Waals surface area (Å²) in [6.07, 6.45) is 8.27. The third kappa shape index (κ3) is 6.20. The number of carbonyl (C=O) groups excluding carboxylic acids is 2. The predicted octanol–water partition coefficient (Wildman–Crippen LogP) is 5.33. The molecule has 0 aromatic heterocycles. The number of hydrogen-bond donors (Lipinski definition) is 2. The topological polar surface area (TPSA) is 61.4 Å². The average molecular weight is 498 g/mol. The first-order valence-corrected chi connectivity index (χ1v) is 12.6. The number of anilines is 1. The average Bonchev–Trinajstić information content (AvgIpc) is 2.81. The van der Waals surface area contributed by atoms with E-state index < -0.39 is 0 Å². The van der Waals surface area contributed by atoms with Crippen molar-refractivity contribution >= 4 is 33.4 Å². The SMILES string of the molecule is O=C(CN1CCC(NC(=O)c2ccccc2Br)CC1)Nc1ccc(C2CCCCC2)cc1. The maximum Gasteiger partial charge on any atom is 0.252 e. The van der Waals surface area contributed by atoms with Crippen molar-refractivity contribution in [3.8, 4) is 0 Å². The van der Waals surface area contributed by atoms with Gasteiger partial charge in [-0.15, -0.1) is 0 Å². The summed E-state index contributed by atoms with van der Waals surface area (Å²) in [7, 11) is 0. The summed E-state index contributed by atoms with van der Waals surface area (Å²) in [5.41, 5.74) is 2.92. The summed E-state index contributed by atoms with van der Waals surface area (Å²) >= 11 is 3.44. The molecule has 0 radical (unpaired) electrons. The molecular weight excluding hydrogens is 466 g/mol. The van der Waals surface area contributed by atoms with E-state index in [1.807, 2.05) is 36.4 Å². The normalized spacial score (nSPS) is 18.3. The molecule has 0 spiro atoms. The van der Waals surface area contributed by atoms with Crippen LogP contribution in [0.2, 0.25) is 0 Å². The van der Waals surface area contributed by atoms with Crippen LogP contribution in [0.15, 0.2) is 53.0 Å². The molecular formula is C26H32BrN3O2. The van der Waals surface area contributed by atoms with Crippen LogP contribution in [0.5, 0.6) is 0 Å². The summed E-state index contributed by atoms with van der Waals surface area (Å²) in [5.74, 6) is 0.648. The Balaban J connectivity index is 1.20. The lowest BCUT2D eigenvalue weighted by Crippen LogP contribution is -2.46. The minimum atomic E-state index is -0.0506. The predicted molar refractivity (Wildman–Crippen MR) is 132 cm³/mol. The van der Waals surface area contributed by atoms with Crippen LogP contribution >= 0.6 is 15.9 Å². The van der Waals surface area contributed by atoms with Crippen LogP contribution in [-0.4, -0.2) is 42.4 Å². The largest absolute Gasteiger partial charge is 0.349 e. The molecule has 2 amide bonds. The van der Waals surface area contributed by atoms with Crippen molar-refractivity contribution in [2.75, 3.05) is 25.0 Å². The lowest BCUT2D eigenvalue weighted by molar-refractivity contribution is -0.117. The number of nitrogens with one attached hydrogen (secondary N) is 2. The van der Waals surface area contributed by atoms with Crippen LogP contribution in [0.1, 0.15) is 66.8 Å². The van der Waals surface area contributed by atoms with E-state index in [-0.39, 0.29) is 17.9 Å². The zero-order chi connectivity index (χ0) is 22.3. The molecule has 2 N–H and O–H groups in total. The molecule has 5 nitrogen and oxygen atoms in total. The number of benzene rings is 2. The fourth-order valence-electron chi connectivity index (χ4n) is 4.82. The van der Waals surface area contributed by atoms with E-state index >= 15 is 0 Å². The second-order valence-corrected chi connectivity index (χ2v) is 9.86. The third-order valence-electron chi connectivity index (χ3n) is 6.68. The van der Waals surface area contributed by atoms with Crippen molar-refractivity contribution in [1.29, 1.82) is 0 Å². The van der Waals surface area contributed by atoms with Gasteiger partial charge in [-0.25, -0.2) is 0 Å². The van der Waals surface area contributed by atoms with Gasteiger partial charge < -0.3 is 10.6 Å². The molecule has 1 saturated heterocycles. The van der Waals surface area contributed by atoms with Crippen LogP contribution in [-0.2, 0) is 4.79 Å². The second kappa shape index (κ2) is 11.1. The van der Waals surface area contributed by atoms with Crippen LogP contribution in [0.25, 0.3) is 0 Å². The Kier molecular flexibility index (Phi) is 7.98. The molecule has 2 fully saturated rings. The number of carbonyl (C=O) groups is 2. The quantitative estimate of drug-likeness (QED) is 0.566. The van der Waals surface area contributed by atoms with Gasteiger partial charge in [-0.05, 0) is 77.4 Å². The van der Waals surface area contributed by atoms with Crippen molar-refractivity contribution < 1.29 is 9.59 Å². The molecule has 2 aliphatic rings. The summed E-state index contributed by atoms with van der Waals surface area (Å²) in [5, 5.41) is 6.16. The van der Waals surface area contributed by atoms with Crippen LogP contribution in [0.4, 0.5) is 5.69 Å². The summed E-state index contributed by atoms with van der Waals surface area (Å²) < 4.78 is 0.804. The molecule has 1 heterocycles. The van der Waals surface area contributed by atoms with Crippen LogP contribution < -0.4 is 10.6 Å². The standard InChI is InChI=1S/C26H32BrN3O2/c27-24-9-5-4-8-23(24)26(32)29-22-14-16-30(17-15-22)18-25(31)28-21-12-10-20(11-13-21)19-6-2-1-3-7-19/h4-5,8-13,19,22H,1-3,6-7,14-18H2,(H,28,31)(H,29,32). The van der Waals surface area contributed by atoms with E-state index in [1.165, 1.54) is 37.7 Å². The molecule has 0 atom stereocenters. The number of halogens is 1. The summed E-state index contributed by atoms with van der Waals surface area (Å²) in [6, 6.07) is 16.0. The van der Waals surface area contributed by atoms with Gasteiger partial charge >= 0.3 is 0 Å². The molecule has 6 heteroatoms. The number of piperidine rings is 1. The first-order valence-electron chi connectivity index (χ1n) is 11.8. The summed E-state index contributed by atoms with van der Waals surface area (Å²) in [4.78, 5) is 27.2. The lowest BCUT2D eigenvalue weighted by atomic mass is 9.84. The van der Waals surface area contributed by atoms with Crippen molar-refractivity contribution in [1.82, 2.24) is 10.2 Å². The Bertz CT molecular complexity index is 917. The lowest BCUT2D eigenvalue weighted by Gasteiger charge is -2.32. The summed E-state index contributed by atoms with van der Waals surface area (Å²) in [6.45, 7) is 1.99. The van der Waals surface area contributed by atoms with Gasteiger partial charge in [0.2, 0.25) is 5.91 Å². The molecule has 1 saturated carbocycles. The molecule has 32 heavy (non-hydrogen) atoms. The number of hydrogen-bond acceptors (Lipinski definition) is 3. The van der Waals surface area contributed by atoms with Gasteiger partial charge in [0, 0.05) is 29.3 Å². The Hall–Kier alpha value is -2.18. The first kappa shape index (κ1) is 23.0. The highest BCUT2D eigenvalue weighted by molar-refractivity contribution is 9.10. The third-order valence-corrected chi connectivity index (χ3v) is 7.37. The van der Waals surface area contributed by atoms with Crippen molar-refractivity contribution in [2.45, 2.75) is 56.9 Å². The van der Waals surface area contributed by atoms with E-state index in [9.17, 15) is 9.59 Å². The molecule has 170 valence electrons. The molecule has 1 aliphatic carbocycles. The van der Waals surface area contributed by atoms with Crippen molar-refractivity contribution in [3.05, 3.63) is 64.1 Å². The highest BCUT2D eigenvalue weighted by Gasteiger charge is 2.23. The molecule has 2 aromatic rings. The van der Waals surface area contributed by atoms with Gasteiger partial charge in [-0.3, -0.25) is 14.5 Å². The maximum atomic E-state index is 12.5. The molecule has 4 rings (SSSR count). The Morgan fingerprint density at radius 3 is 2.28 bits per heavy atom. The highest BCUT2D eigenvalue weighted by Crippen LogP contribution is 2.33. The molecule has 2 aromatic carbocycles. The van der Waals surface area contributed by atoms with E-state index in [4.69, 9.17) is 0 Å². The number of rotatable bonds is 6. The van der Waals surface area contributed by atoms with E-state index in [2.05, 4.69) is 43.6 Å². The second-order valence-electron chi connectivity index (χ2n) is 9.01. The van der Waals surface area contributed by atoms with E-state index in [0.717, 1.165) is 36.1 Å². The van der Waals surface area contributed by atoms with Crippen LogP contribution in [0.3, 0.4) is 0 Å². The van der Waals surface area contributed by atoms with Gasteiger partial charge in [0.05, 0.1) is 12.1 Å². The minimum Gasteiger partial charge on any atom is -0.349 e. The fraction of sp³-hybridized carbons (Fsp3) is 0.462. The van der Waals surface area contributed by atoms with Gasteiger partial charge in [0.1, 0.15) is 0 Å². The van der Waals surface area contributed by atoms with Crippen molar-refractivity contribution in [3.63, 3.8) is 0 Å². The van der Waals surface area contributed by atoms with E-state index in [0.29, 0.717) is 18.0 Å². The molecule has 0 unspecified atom stereocenters. The smallest absolute Gasteiger partial charge is 0.252 e. The molecule has 0 bridgehead atoms. The Morgan fingerprint density at radius 2 is 1.59 bits per heavy atom. The number of nitrogens with zero attached hydrogens (tertiary/aromatic N) is 1. The Labute approximate surface area is 199 Å². The fourth-order valence-corrected chi connectivity index (χ4v) is 5.29. The van der Waals surface area contributed by atoms with E-state index in [1.54, 1.807) is 0 Å².